The fraction of sp³-hybridized carbons (Fsp3) is 0.300. The molecule has 0 spiro atoms. The molecule has 1 aliphatic rings. The van der Waals surface area contributed by atoms with E-state index in [1.54, 1.807) is 0 Å². The van der Waals surface area contributed by atoms with Gasteiger partial charge in [-0.2, -0.15) is 0 Å². The quantitative estimate of drug-likeness (QED) is 0.645. The van der Waals surface area contributed by atoms with Gasteiger partial charge >= 0.3 is 5.97 Å². The highest BCUT2D eigenvalue weighted by Crippen LogP contribution is 2.39. The monoisotopic (exact) mass is 354 g/mol. The van der Waals surface area contributed by atoms with Gasteiger partial charge in [-0.05, 0) is 55.7 Å². The summed E-state index contributed by atoms with van der Waals surface area (Å²) in [5.41, 5.74) is 4.05. The minimum absolute atomic E-state index is 0.0861. The van der Waals surface area contributed by atoms with Crippen LogP contribution in [0, 0.1) is 6.92 Å². The summed E-state index contributed by atoms with van der Waals surface area (Å²) >= 11 is 5.70. The van der Waals surface area contributed by atoms with Crippen LogP contribution in [0.4, 0.5) is 11.4 Å². The number of benzene rings is 2. The molecule has 0 saturated heterocycles. The standard InChI is InChI=1S/C20H22N2O2S/c1-13-8-4-6-10-17(13)21-20(25)22-14(2)12-16(19(23)24-3)15-9-5-7-11-18(15)22/h4-11,14,16H,12H2,1-3H3,(H,21,25). The Morgan fingerprint density at radius 2 is 1.88 bits per heavy atom. The van der Waals surface area contributed by atoms with Crippen molar-refractivity contribution in [1.82, 2.24) is 0 Å². The van der Waals surface area contributed by atoms with Gasteiger partial charge in [0, 0.05) is 17.4 Å². The summed E-state index contributed by atoms with van der Waals surface area (Å²) in [5, 5.41) is 3.99. The number of carbonyl (C=O) groups is 1. The van der Waals surface area contributed by atoms with Crippen molar-refractivity contribution < 1.29 is 9.53 Å². The number of hydrogen-bond acceptors (Lipinski definition) is 3. The lowest BCUT2D eigenvalue weighted by Gasteiger charge is -2.40. The van der Waals surface area contributed by atoms with Crippen molar-refractivity contribution in [2.24, 2.45) is 0 Å². The highest BCUT2D eigenvalue weighted by molar-refractivity contribution is 7.80. The summed E-state index contributed by atoms with van der Waals surface area (Å²) in [7, 11) is 1.44. The van der Waals surface area contributed by atoms with Crippen molar-refractivity contribution >= 4 is 34.7 Å². The van der Waals surface area contributed by atoms with Crippen LogP contribution in [0.3, 0.4) is 0 Å². The molecule has 2 aromatic rings. The molecular formula is C20H22N2O2S. The maximum absolute atomic E-state index is 12.2. The average molecular weight is 354 g/mol. The van der Waals surface area contributed by atoms with Gasteiger partial charge in [-0.25, -0.2) is 0 Å². The lowest BCUT2D eigenvalue weighted by molar-refractivity contribution is -0.142. The average Bonchev–Trinajstić information content (AvgIpc) is 2.62. The molecule has 0 aromatic heterocycles. The molecule has 2 aromatic carbocycles. The van der Waals surface area contributed by atoms with E-state index in [1.807, 2.05) is 55.5 Å². The van der Waals surface area contributed by atoms with Crippen LogP contribution in [0.5, 0.6) is 0 Å². The number of methoxy groups -OCH3 is 1. The zero-order valence-electron chi connectivity index (χ0n) is 14.7. The first-order chi connectivity index (χ1) is 12.0. The van der Waals surface area contributed by atoms with Crippen molar-refractivity contribution in [3.05, 3.63) is 59.7 Å². The van der Waals surface area contributed by atoms with Gasteiger partial charge in [0.2, 0.25) is 0 Å². The Kier molecular flexibility index (Phi) is 5.04. The number of rotatable bonds is 2. The molecule has 1 N–H and O–H groups in total. The Hall–Kier alpha value is -2.40. The lowest BCUT2D eigenvalue weighted by Crippen LogP contribution is -2.46. The zero-order valence-corrected chi connectivity index (χ0v) is 15.5. The number of hydrogen-bond donors (Lipinski definition) is 1. The van der Waals surface area contributed by atoms with E-state index in [0.29, 0.717) is 11.5 Å². The highest BCUT2D eigenvalue weighted by atomic mass is 32.1. The van der Waals surface area contributed by atoms with Crippen LogP contribution in [0.15, 0.2) is 48.5 Å². The predicted molar refractivity (Wildman–Crippen MR) is 105 cm³/mol. The van der Waals surface area contributed by atoms with Crippen molar-refractivity contribution in [2.75, 3.05) is 17.3 Å². The molecule has 0 bridgehead atoms. The van der Waals surface area contributed by atoms with E-state index in [2.05, 4.69) is 17.1 Å². The van der Waals surface area contributed by atoms with Crippen LogP contribution < -0.4 is 10.2 Å². The van der Waals surface area contributed by atoms with E-state index in [4.69, 9.17) is 17.0 Å². The molecule has 3 rings (SSSR count). The van der Waals surface area contributed by atoms with Crippen molar-refractivity contribution in [2.45, 2.75) is 32.2 Å². The first-order valence-corrected chi connectivity index (χ1v) is 8.76. The van der Waals surface area contributed by atoms with E-state index < -0.39 is 0 Å². The molecule has 2 atom stereocenters. The van der Waals surface area contributed by atoms with Gasteiger partial charge in [0.1, 0.15) is 0 Å². The van der Waals surface area contributed by atoms with Gasteiger partial charge in [0.25, 0.3) is 0 Å². The van der Waals surface area contributed by atoms with Crippen LogP contribution in [-0.4, -0.2) is 24.2 Å². The van der Waals surface area contributed by atoms with E-state index >= 15 is 0 Å². The fourth-order valence-electron chi connectivity index (χ4n) is 3.38. The summed E-state index contributed by atoms with van der Waals surface area (Å²) < 4.78 is 5.00. The SMILES string of the molecule is COC(=O)C1CC(C)N(C(=S)Nc2ccccc2C)c2ccccc21. The Bertz CT molecular complexity index is 806. The highest BCUT2D eigenvalue weighted by Gasteiger charge is 2.36. The first kappa shape index (κ1) is 17.4. The normalized spacial score (nSPS) is 19.1. The third-order valence-electron chi connectivity index (χ3n) is 4.68. The predicted octanol–water partition coefficient (Wildman–Crippen LogP) is 4.25. The first-order valence-electron chi connectivity index (χ1n) is 8.35. The molecule has 25 heavy (non-hydrogen) atoms. The number of aryl methyl sites for hydroxylation is 1. The number of esters is 1. The molecule has 0 radical (unpaired) electrons. The number of nitrogens with one attached hydrogen (secondary N) is 1. The fourth-order valence-corrected chi connectivity index (χ4v) is 3.76. The van der Waals surface area contributed by atoms with Gasteiger partial charge in [0.05, 0.1) is 13.0 Å². The lowest BCUT2D eigenvalue weighted by atomic mass is 9.86. The van der Waals surface area contributed by atoms with Crippen molar-refractivity contribution in [3.8, 4) is 0 Å². The Morgan fingerprint density at radius 1 is 1.20 bits per heavy atom. The van der Waals surface area contributed by atoms with Gasteiger partial charge < -0.3 is 15.0 Å². The van der Waals surface area contributed by atoms with Crippen LogP contribution in [0.25, 0.3) is 0 Å². The second-order valence-corrected chi connectivity index (χ2v) is 6.72. The molecule has 0 aliphatic carbocycles. The van der Waals surface area contributed by atoms with Crippen LogP contribution in [-0.2, 0) is 9.53 Å². The number of anilines is 2. The number of ether oxygens (including phenoxy) is 1. The third kappa shape index (κ3) is 3.37. The summed E-state index contributed by atoms with van der Waals surface area (Å²) in [4.78, 5) is 14.3. The molecule has 0 saturated carbocycles. The molecule has 4 nitrogen and oxygen atoms in total. The summed E-state index contributed by atoms with van der Waals surface area (Å²) in [5.74, 6) is -0.453. The van der Waals surface area contributed by atoms with Gasteiger partial charge in [-0.3, -0.25) is 4.79 Å². The van der Waals surface area contributed by atoms with Crippen molar-refractivity contribution in [1.29, 1.82) is 0 Å². The van der Waals surface area contributed by atoms with Crippen LogP contribution >= 0.6 is 12.2 Å². The van der Waals surface area contributed by atoms with Gasteiger partial charge in [0.15, 0.2) is 5.11 Å². The molecule has 130 valence electrons. The third-order valence-corrected chi connectivity index (χ3v) is 4.98. The molecule has 2 unspecified atom stereocenters. The maximum Gasteiger partial charge on any atom is 0.313 e. The number of thiocarbonyl (C=S) groups is 1. The van der Waals surface area contributed by atoms with E-state index in [-0.39, 0.29) is 17.9 Å². The molecule has 1 aliphatic heterocycles. The van der Waals surface area contributed by atoms with Gasteiger partial charge in [-0.15, -0.1) is 0 Å². The van der Waals surface area contributed by atoms with Gasteiger partial charge in [-0.1, -0.05) is 36.4 Å². The van der Waals surface area contributed by atoms with E-state index in [9.17, 15) is 4.79 Å². The second kappa shape index (κ2) is 7.23. The minimum atomic E-state index is -0.256. The molecule has 0 fully saturated rings. The Morgan fingerprint density at radius 3 is 2.60 bits per heavy atom. The van der Waals surface area contributed by atoms with Crippen LogP contribution in [0.2, 0.25) is 0 Å². The molecule has 1 heterocycles. The largest absolute Gasteiger partial charge is 0.469 e. The molecule has 5 heteroatoms. The Balaban J connectivity index is 1.94. The number of fused-ring (bicyclic) bond motifs is 1. The summed E-state index contributed by atoms with van der Waals surface area (Å²) in [6.07, 6.45) is 0.666. The number of nitrogens with zero attached hydrogens (tertiary/aromatic N) is 1. The Labute approximate surface area is 153 Å². The summed E-state index contributed by atoms with van der Waals surface area (Å²) in [6.45, 7) is 4.13. The molecule has 0 amide bonds. The molecular weight excluding hydrogens is 332 g/mol. The van der Waals surface area contributed by atoms with Crippen molar-refractivity contribution in [3.63, 3.8) is 0 Å². The topological polar surface area (TPSA) is 41.6 Å². The number of para-hydroxylation sites is 2. The smallest absolute Gasteiger partial charge is 0.313 e. The number of carbonyl (C=O) groups excluding carboxylic acids is 1. The second-order valence-electron chi connectivity index (χ2n) is 6.33. The van der Waals surface area contributed by atoms with Crippen LogP contribution in [0.1, 0.15) is 30.4 Å². The minimum Gasteiger partial charge on any atom is -0.469 e. The maximum atomic E-state index is 12.2. The zero-order chi connectivity index (χ0) is 18.0. The van der Waals surface area contributed by atoms with E-state index in [0.717, 1.165) is 22.5 Å². The van der Waals surface area contributed by atoms with E-state index in [1.165, 1.54) is 7.11 Å². The summed E-state index contributed by atoms with van der Waals surface area (Å²) in [6, 6.07) is 16.0.